The molecule has 2 aromatic carbocycles. The average molecular weight is 504 g/mol. The Bertz CT molecular complexity index is 1270. The summed E-state index contributed by atoms with van der Waals surface area (Å²) in [6, 6.07) is 15.0. The molecule has 1 unspecified atom stereocenters. The third kappa shape index (κ3) is 5.74. The average Bonchev–Trinajstić information content (AvgIpc) is 2.83. The Kier molecular flexibility index (Phi) is 6.98. The first-order valence-corrected chi connectivity index (χ1v) is 11.1. The minimum Gasteiger partial charge on any atom is -0.481 e. The van der Waals surface area contributed by atoms with E-state index in [1.54, 1.807) is 36.4 Å². The summed E-state index contributed by atoms with van der Waals surface area (Å²) in [7, 11) is 1.45. The molecule has 182 valence electrons. The number of benzene rings is 2. The topological polar surface area (TPSA) is 71.5 Å². The highest BCUT2D eigenvalue weighted by Gasteiger charge is 2.45. The van der Waals surface area contributed by atoms with Gasteiger partial charge in [0.25, 0.3) is 11.8 Å². The van der Waals surface area contributed by atoms with Crippen molar-refractivity contribution in [2.45, 2.75) is 12.3 Å². The number of piperidine rings is 1. The number of pyridine rings is 1. The maximum atomic E-state index is 14.6. The Morgan fingerprint density at radius 3 is 2.66 bits per heavy atom. The number of halogens is 4. The molecule has 0 bridgehead atoms. The number of nitrogens with one attached hydrogen (secondary N) is 1. The van der Waals surface area contributed by atoms with E-state index in [0.717, 1.165) is 11.0 Å². The van der Waals surface area contributed by atoms with E-state index in [-0.39, 0.29) is 12.1 Å². The van der Waals surface area contributed by atoms with Gasteiger partial charge in [-0.25, -0.2) is 18.2 Å². The van der Waals surface area contributed by atoms with Crippen molar-refractivity contribution in [3.63, 3.8) is 0 Å². The van der Waals surface area contributed by atoms with Crippen LogP contribution in [0.4, 0.5) is 18.9 Å². The summed E-state index contributed by atoms with van der Waals surface area (Å²) in [5.41, 5.74) is 0.784. The lowest BCUT2D eigenvalue weighted by atomic mass is 9.93. The molecule has 4 rings (SSSR count). The number of hydrogen-bond acceptors (Lipinski definition) is 4. The molecule has 1 aromatic heterocycles. The zero-order chi connectivity index (χ0) is 25.2. The number of methoxy groups -OCH3 is 1. The normalized spacial score (nSPS) is 17.1. The summed E-state index contributed by atoms with van der Waals surface area (Å²) < 4.78 is 48.8. The number of likely N-dealkylation sites (tertiary alicyclic amines) is 1. The second kappa shape index (κ2) is 9.95. The smallest absolute Gasteiger partial charge is 0.266 e. The van der Waals surface area contributed by atoms with Crippen LogP contribution in [0.2, 0.25) is 5.02 Å². The highest BCUT2D eigenvalue weighted by atomic mass is 35.5. The van der Waals surface area contributed by atoms with E-state index in [1.807, 2.05) is 0 Å². The Balaban J connectivity index is 1.57. The Hall–Kier alpha value is -3.59. The predicted octanol–water partition coefficient (Wildman–Crippen LogP) is 5.29. The standard InChI is InChI=1S/C25H21ClF3N3O3/c1-35-22-7-3-6-21(31-22)15-8-9-20(27)19(10-15)24(34)32-13-16(12-25(28,29)14-32)23(33)30-18-5-2-4-17(26)11-18/h2-11,16H,12-14H2,1H3,(H,30,33). The molecule has 2 amide bonds. The fourth-order valence-corrected chi connectivity index (χ4v) is 4.14. The monoisotopic (exact) mass is 503 g/mol. The SMILES string of the molecule is COc1cccc(-c2ccc(F)c(C(=O)N3CC(C(=O)Nc4cccc(Cl)c4)CC(F)(F)C3)c2)n1. The highest BCUT2D eigenvalue weighted by Crippen LogP contribution is 2.33. The highest BCUT2D eigenvalue weighted by molar-refractivity contribution is 6.30. The second-order valence-corrected chi connectivity index (χ2v) is 8.64. The molecule has 35 heavy (non-hydrogen) atoms. The zero-order valence-electron chi connectivity index (χ0n) is 18.6. The van der Waals surface area contributed by atoms with Crippen molar-refractivity contribution < 1.29 is 27.5 Å². The molecule has 1 aliphatic heterocycles. The van der Waals surface area contributed by atoms with E-state index in [0.29, 0.717) is 27.8 Å². The number of amides is 2. The molecule has 2 heterocycles. The van der Waals surface area contributed by atoms with E-state index < -0.39 is 42.4 Å². The molecule has 0 aliphatic carbocycles. The number of rotatable bonds is 5. The summed E-state index contributed by atoms with van der Waals surface area (Å²) in [4.78, 5) is 30.9. The van der Waals surface area contributed by atoms with E-state index >= 15 is 0 Å². The fourth-order valence-electron chi connectivity index (χ4n) is 3.95. The molecule has 0 radical (unpaired) electrons. The van der Waals surface area contributed by atoms with Crippen molar-refractivity contribution in [2.24, 2.45) is 5.92 Å². The molecular weight excluding hydrogens is 483 g/mol. The lowest BCUT2D eigenvalue weighted by Crippen LogP contribution is -2.52. The Morgan fingerprint density at radius 2 is 1.91 bits per heavy atom. The third-order valence-electron chi connectivity index (χ3n) is 5.58. The van der Waals surface area contributed by atoms with Gasteiger partial charge >= 0.3 is 0 Å². The molecule has 1 saturated heterocycles. The lowest BCUT2D eigenvalue weighted by molar-refractivity contribution is -0.130. The van der Waals surface area contributed by atoms with E-state index in [2.05, 4.69) is 10.3 Å². The third-order valence-corrected chi connectivity index (χ3v) is 5.82. The van der Waals surface area contributed by atoms with Gasteiger partial charge in [0.15, 0.2) is 0 Å². The molecule has 0 saturated carbocycles. The van der Waals surface area contributed by atoms with Crippen molar-refractivity contribution >= 4 is 29.1 Å². The molecule has 1 N–H and O–H groups in total. The van der Waals surface area contributed by atoms with Gasteiger partial charge in [0.05, 0.1) is 30.8 Å². The molecule has 1 atom stereocenters. The molecule has 1 fully saturated rings. The number of ether oxygens (including phenoxy) is 1. The van der Waals surface area contributed by atoms with Crippen molar-refractivity contribution in [1.29, 1.82) is 0 Å². The zero-order valence-corrected chi connectivity index (χ0v) is 19.4. The van der Waals surface area contributed by atoms with Crippen LogP contribution >= 0.6 is 11.6 Å². The van der Waals surface area contributed by atoms with Crippen LogP contribution in [0.1, 0.15) is 16.8 Å². The minimum atomic E-state index is -3.33. The van der Waals surface area contributed by atoms with Crippen LogP contribution in [0, 0.1) is 11.7 Å². The van der Waals surface area contributed by atoms with E-state index in [1.165, 1.54) is 25.3 Å². The van der Waals surface area contributed by atoms with Crippen molar-refractivity contribution in [2.75, 3.05) is 25.5 Å². The second-order valence-electron chi connectivity index (χ2n) is 8.20. The van der Waals surface area contributed by atoms with E-state index in [9.17, 15) is 22.8 Å². The van der Waals surface area contributed by atoms with Gasteiger partial charge in [0, 0.05) is 35.3 Å². The predicted molar refractivity (Wildman–Crippen MR) is 125 cm³/mol. The maximum Gasteiger partial charge on any atom is 0.266 e. The summed E-state index contributed by atoms with van der Waals surface area (Å²) in [5.74, 6) is -6.69. The number of alkyl halides is 2. The largest absolute Gasteiger partial charge is 0.481 e. The minimum absolute atomic E-state index is 0.290. The van der Waals surface area contributed by atoms with Gasteiger partial charge in [0.2, 0.25) is 11.8 Å². The number of nitrogens with zero attached hydrogens (tertiary/aromatic N) is 2. The molecule has 1 aliphatic rings. The first-order chi connectivity index (χ1) is 16.6. The molecule has 6 nitrogen and oxygen atoms in total. The molecule has 10 heteroatoms. The van der Waals surface area contributed by atoms with E-state index in [4.69, 9.17) is 16.3 Å². The number of hydrogen-bond donors (Lipinski definition) is 1. The van der Waals surface area contributed by atoms with Crippen molar-refractivity contribution in [3.8, 4) is 17.1 Å². The van der Waals surface area contributed by atoms with Crippen molar-refractivity contribution in [1.82, 2.24) is 9.88 Å². The van der Waals surface area contributed by atoms with Crippen LogP contribution in [0.5, 0.6) is 5.88 Å². The Morgan fingerprint density at radius 1 is 1.14 bits per heavy atom. The van der Waals surface area contributed by atoms with Gasteiger partial charge < -0.3 is 15.0 Å². The van der Waals surface area contributed by atoms with Crippen LogP contribution < -0.4 is 10.1 Å². The van der Waals surface area contributed by atoms with Gasteiger partial charge in [-0.05, 0) is 42.5 Å². The summed E-state index contributed by atoms with van der Waals surface area (Å²) in [5, 5.41) is 2.92. The number of carbonyl (C=O) groups excluding carboxylic acids is 2. The van der Waals surface area contributed by atoms with Gasteiger partial charge in [-0.2, -0.15) is 0 Å². The molecule has 0 spiro atoms. The molecular formula is C25H21ClF3N3O3. The summed E-state index contributed by atoms with van der Waals surface area (Å²) >= 11 is 5.91. The summed E-state index contributed by atoms with van der Waals surface area (Å²) in [6.45, 7) is -1.21. The van der Waals surface area contributed by atoms with Gasteiger partial charge in [-0.1, -0.05) is 23.7 Å². The lowest BCUT2D eigenvalue weighted by Gasteiger charge is -2.37. The van der Waals surface area contributed by atoms with Crippen LogP contribution in [0.3, 0.4) is 0 Å². The van der Waals surface area contributed by atoms with Crippen LogP contribution in [-0.4, -0.2) is 47.8 Å². The number of aromatic nitrogens is 1. The fraction of sp³-hybridized carbons (Fsp3) is 0.240. The summed E-state index contributed by atoms with van der Waals surface area (Å²) in [6.07, 6.45) is -0.737. The quantitative estimate of drug-likeness (QED) is 0.514. The number of carbonyl (C=O) groups is 2. The van der Waals surface area contributed by atoms with Crippen LogP contribution in [0.25, 0.3) is 11.3 Å². The Labute approximate surface area is 204 Å². The maximum absolute atomic E-state index is 14.6. The number of anilines is 1. The first kappa shape index (κ1) is 24.5. The van der Waals surface area contributed by atoms with Gasteiger partial charge in [-0.3, -0.25) is 9.59 Å². The first-order valence-electron chi connectivity index (χ1n) is 10.7. The van der Waals surface area contributed by atoms with Gasteiger partial charge in [0.1, 0.15) is 5.82 Å². The van der Waals surface area contributed by atoms with Gasteiger partial charge in [-0.15, -0.1) is 0 Å². The van der Waals surface area contributed by atoms with Crippen molar-refractivity contribution in [3.05, 3.63) is 77.1 Å². The van der Waals surface area contributed by atoms with Crippen LogP contribution in [0.15, 0.2) is 60.7 Å². The van der Waals surface area contributed by atoms with Crippen LogP contribution in [-0.2, 0) is 4.79 Å². The molecule has 3 aromatic rings.